The molecule has 2 aromatic carbocycles. The first-order valence-corrected chi connectivity index (χ1v) is 9.53. The van der Waals surface area contributed by atoms with E-state index in [9.17, 15) is 4.79 Å². The van der Waals surface area contributed by atoms with Crippen molar-refractivity contribution in [2.75, 3.05) is 6.54 Å². The zero-order valence-electron chi connectivity index (χ0n) is 15.3. The molecule has 0 N–H and O–H groups in total. The summed E-state index contributed by atoms with van der Waals surface area (Å²) in [5.41, 5.74) is 3.40. The summed E-state index contributed by atoms with van der Waals surface area (Å²) in [6, 6.07) is 18.5. The average Bonchev–Trinajstić information content (AvgIpc) is 3.21. The van der Waals surface area contributed by atoms with Crippen LogP contribution in [0.4, 0.5) is 0 Å². The first-order chi connectivity index (χ1) is 12.8. The van der Waals surface area contributed by atoms with E-state index in [-0.39, 0.29) is 11.8 Å². The second kappa shape index (κ2) is 7.32. The van der Waals surface area contributed by atoms with Crippen LogP contribution in [-0.2, 0) is 17.9 Å². The molecule has 4 heteroatoms. The van der Waals surface area contributed by atoms with Crippen LogP contribution >= 0.6 is 0 Å². The third-order valence-corrected chi connectivity index (χ3v) is 5.22. The van der Waals surface area contributed by atoms with Crippen LogP contribution in [0.15, 0.2) is 54.6 Å². The fourth-order valence-corrected chi connectivity index (χ4v) is 3.86. The molecule has 2 heterocycles. The van der Waals surface area contributed by atoms with Gasteiger partial charge in [0, 0.05) is 32.0 Å². The van der Waals surface area contributed by atoms with E-state index in [0.29, 0.717) is 13.0 Å². The minimum absolute atomic E-state index is 0.176. The van der Waals surface area contributed by atoms with Gasteiger partial charge in [-0.2, -0.15) is 0 Å². The zero-order chi connectivity index (χ0) is 17.9. The van der Waals surface area contributed by atoms with Crippen molar-refractivity contribution in [1.29, 1.82) is 0 Å². The molecule has 4 nitrogen and oxygen atoms in total. The molecule has 1 saturated heterocycles. The number of unbranched alkanes of at least 4 members (excludes halogenated alkanes) is 1. The standard InChI is InChI=1S/C22H25N3O/c1-2-3-13-25-20-12-8-7-11-19(20)23-22(25)18-14-21(26)24(16-18)15-17-9-5-4-6-10-17/h4-12,18H,2-3,13-16H2,1H3. The van der Waals surface area contributed by atoms with Crippen LogP contribution < -0.4 is 0 Å². The molecule has 0 saturated carbocycles. The number of para-hydroxylation sites is 2. The Hall–Kier alpha value is -2.62. The van der Waals surface area contributed by atoms with Gasteiger partial charge in [0.05, 0.1) is 11.0 Å². The van der Waals surface area contributed by atoms with Gasteiger partial charge >= 0.3 is 0 Å². The van der Waals surface area contributed by atoms with E-state index in [1.165, 1.54) is 11.1 Å². The first kappa shape index (κ1) is 16.8. The Morgan fingerprint density at radius 3 is 2.65 bits per heavy atom. The second-order valence-corrected chi connectivity index (χ2v) is 7.12. The van der Waals surface area contributed by atoms with Crippen molar-refractivity contribution in [2.45, 2.75) is 45.2 Å². The maximum atomic E-state index is 12.6. The van der Waals surface area contributed by atoms with Crippen LogP contribution in [0.2, 0.25) is 0 Å². The van der Waals surface area contributed by atoms with E-state index >= 15 is 0 Å². The molecule has 3 aromatic rings. The molecule has 0 radical (unpaired) electrons. The summed E-state index contributed by atoms with van der Waals surface area (Å²) in [4.78, 5) is 19.5. The van der Waals surface area contributed by atoms with E-state index in [4.69, 9.17) is 4.98 Å². The molecular formula is C22H25N3O. The SMILES string of the molecule is CCCCn1c(C2CC(=O)N(Cc3ccccc3)C2)nc2ccccc21. The van der Waals surface area contributed by atoms with Gasteiger partial charge in [-0.1, -0.05) is 55.8 Å². The van der Waals surface area contributed by atoms with Crippen molar-refractivity contribution in [3.05, 3.63) is 66.0 Å². The van der Waals surface area contributed by atoms with Gasteiger partial charge in [0.1, 0.15) is 5.82 Å². The number of nitrogens with zero attached hydrogens (tertiary/aromatic N) is 3. The highest BCUT2D eigenvalue weighted by Gasteiger charge is 2.33. The third-order valence-electron chi connectivity index (χ3n) is 5.22. The third kappa shape index (κ3) is 3.24. The summed E-state index contributed by atoms with van der Waals surface area (Å²) in [5.74, 6) is 1.48. The van der Waals surface area contributed by atoms with Crippen molar-refractivity contribution in [1.82, 2.24) is 14.5 Å². The molecule has 1 fully saturated rings. The summed E-state index contributed by atoms with van der Waals surface area (Å²) in [6.45, 7) is 4.61. The van der Waals surface area contributed by atoms with Crippen molar-refractivity contribution >= 4 is 16.9 Å². The molecular weight excluding hydrogens is 322 g/mol. The van der Waals surface area contributed by atoms with Crippen LogP contribution in [0.5, 0.6) is 0 Å². The summed E-state index contributed by atoms with van der Waals surface area (Å²) in [6.07, 6.45) is 2.83. The summed E-state index contributed by atoms with van der Waals surface area (Å²) < 4.78 is 2.34. The van der Waals surface area contributed by atoms with Crippen LogP contribution in [0.3, 0.4) is 0 Å². The second-order valence-electron chi connectivity index (χ2n) is 7.12. The van der Waals surface area contributed by atoms with Crippen molar-refractivity contribution in [2.24, 2.45) is 0 Å². The number of likely N-dealkylation sites (tertiary alicyclic amines) is 1. The minimum Gasteiger partial charge on any atom is -0.338 e. The summed E-state index contributed by atoms with van der Waals surface area (Å²) in [5, 5.41) is 0. The van der Waals surface area contributed by atoms with Gasteiger partial charge in [-0.3, -0.25) is 4.79 Å². The van der Waals surface area contributed by atoms with Crippen molar-refractivity contribution < 1.29 is 4.79 Å². The molecule has 1 aliphatic heterocycles. The highest BCUT2D eigenvalue weighted by Crippen LogP contribution is 2.31. The van der Waals surface area contributed by atoms with Crippen LogP contribution in [-0.4, -0.2) is 26.9 Å². The molecule has 4 rings (SSSR count). The number of fused-ring (bicyclic) bond motifs is 1. The predicted molar refractivity (Wildman–Crippen MR) is 104 cm³/mol. The number of carbonyl (C=O) groups is 1. The molecule has 0 spiro atoms. The smallest absolute Gasteiger partial charge is 0.223 e. The van der Waals surface area contributed by atoms with E-state index < -0.39 is 0 Å². The van der Waals surface area contributed by atoms with E-state index in [2.05, 4.69) is 41.8 Å². The molecule has 134 valence electrons. The Bertz CT molecular complexity index is 900. The Balaban J connectivity index is 1.60. The van der Waals surface area contributed by atoms with Gasteiger partial charge in [-0.15, -0.1) is 0 Å². The maximum Gasteiger partial charge on any atom is 0.223 e. The zero-order valence-corrected chi connectivity index (χ0v) is 15.3. The average molecular weight is 347 g/mol. The molecule has 1 unspecified atom stereocenters. The first-order valence-electron chi connectivity index (χ1n) is 9.53. The lowest BCUT2D eigenvalue weighted by Gasteiger charge is -2.17. The van der Waals surface area contributed by atoms with Crippen molar-refractivity contribution in [3.63, 3.8) is 0 Å². The van der Waals surface area contributed by atoms with Gasteiger partial charge in [0.15, 0.2) is 0 Å². The van der Waals surface area contributed by atoms with Gasteiger partial charge in [0.25, 0.3) is 0 Å². The van der Waals surface area contributed by atoms with E-state index in [0.717, 1.165) is 37.3 Å². The number of hydrogen-bond acceptors (Lipinski definition) is 2. The van der Waals surface area contributed by atoms with Gasteiger partial charge in [-0.25, -0.2) is 4.98 Å². The topological polar surface area (TPSA) is 38.1 Å². The van der Waals surface area contributed by atoms with Gasteiger partial charge < -0.3 is 9.47 Å². The summed E-state index contributed by atoms with van der Waals surface area (Å²) in [7, 11) is 0. The molecule has 1 aromatic heterocycles. The molecule has 0 aliphatic carbocycles. The number of rotatable bonds is 6. The maximum absolute atomic E-state index is 12.6. The van der Waals surface area contributed by atoms with Crippen LogP contribution in [0, 0.1) is 0 Å². The number of aryl methyl sites for hydroxylation is 1. The quantitative estimate of drug-likeness (QED) is 0.665. The fourth-order valence-electron chi connectivity index (χ4n) is 3.86. The Kier molecular flexibility index (Phi) is 4.74. The molecule has 1 aliphatic rings. The number of amides is 1. The predicted octanol–water partition coefficient (Wildman–Crippen LogP) is 4.35. The number of carbonyl (C=O) groups excluding carboxylic acids is 1. The Labute approximate surface area is 154 Å². The normalized spacial score (nSPS) is 17.3. The Morgan fingerprint density at radius 1 is 1.08 bits per heavy atom. The van der Waals surface area contributed by atoms with Crippen molar-refractivity contribution in [3.8, 4) is 0 Å². The lowest BCUT2D eigenvalue weighted by molar-refractivity contribution is -0.128. The minimum atomic E-state index is 0.176. The lowest BCUT2D eigenvalue weighted by atomic mass is 10.1. The fraction of sp³-hybridized carbons (Fsp3) is 0.364. The molecule has 0 bridgehead atoms. The summed E-state index contributed by atoms with van der Waals surface area (Å²) >= 11 is 0. The number of benzene rings is 2. The largest absolute Gasteiger partial charge is 0.338 e. The number of hydrogen-bond donors (Lipinski definition) is 0. The van der Waals surface area contributed by atoms with Gasteiger partial charge in [0.2, 0.25) is 5.91 Å². The Morgan fingerprint density at radius 2 is 1.85 bits per heavy atom. The highest BCUT2D eigenvalue weighted by atomic mass is 16.2. The molecule has 1 atom stereocenters. The van der Waals surface area contributed by atoms with E-state index in [1.54, 1.807) is 0 Å². The monoisotopic (exact) mass is 347 g/mol. The molecule has 1 amide bonds. The van der Waals surface area contributed by atoms with Gasteiger partial charge in [-0.05, 0) is 24.1 Å². The van der Waals surface area contributed by atoms with Crippen LogP contribution in [0.1, 0.15) is 43.5 Å². The van der Waals surface area contributed by atoms with Crippen LogP contribution in [0.25, 0.3) is 11.0 Å². The van der Waals surface area contributed by atoms with E-state index in [1.807, 2.05) is 29.2 Å². The molecule has 26 heavy (non-hydrogen) atoms. The number of imidazole rings is 1. The highest BCUT2D eigenvalue weighted by molar-refractivity contribution is 5.81. The lowest BCUT2D eigenvalue weighted by Crippen LogP contribution is -2.24. The number of aromatic nitrogens is 2.